The Labute approximate surface area is 123 Å². The van der Waals surface area contributed by atoms with Crippen LogP contribution >= 0.6 is 0 Å². The Morgan fingerprint density at radius 3 is 2.38 bits per heavy atom. The van der Waals surface area contributed by atoms with Crippen molar-refractivity contribution in [1.82, 2.24) is 4.98 Å². The molecule has 2 rings (SSSR count). The number of nitrogens with zero attached hydrogens (tertiary/aromatic N) is 1. The second kappa shape index (κ2) is 5.35. The summed E-state index contributed by atoms with van der Waals surface area (Å²) in [6, 6.07) is 3.30. The molecular weight excluding hydrogens is 272 g/mol. The molecular formula is C15H20N2O4. The van der Waals surface area contributed by atoms with Crippen molar-refractivity contribution >= 4 is 17.9 Å². The fraction of sp³-hybridized carbons (Fsp3) is 0.533. The highest BCUT2D eigenvalue weighted by molar-refractivity contribution is 5.84. The largest absolute Gasteiger partial charge is 0.481 e. The molecule has 1 aliphatic carbocycles. The summed E-state index contributed by atoms with van der Waals surface area (Å²) in [5.74, 6) is -0.476. The van der Waals surface area contributed by atoms with E-state index in [4.69, 9.17) is 4.74 Å². The van der Waals surface area contributed by atoms with E-state index in [1.54, 1.807) is 32.9 Å². The summed E-state index contributed by atoms with van der Waals surface area (Å²) in [5, 5.41) is 11.9. The van der Waals surface area contributed by atoms with Gasteiger partial charge in [-0.05, 0) is 45.2 Å². The third-order valence-corrected chi connectivity index (χ3v) is 3.56. The van der Waals surface area contributed by atoms with Gasteiger partial charge in [0.1, 0.15) is 11.4 Å². The van der Waals surface area contributed by atoms with E-state index in [1.165, 1.54) is 6.20 Å². The van der Waals surface area contributed by atoms with Crippen LogP contribution in [0.25, 0.3) is 0 Å². The number of ether oxygens (including phenoxy) is 1. The number of carbonyl (C=O) groups excluding carboxylic acids is 1. The van der Waals surface area contributed by atoms with E-state index >= 15 is 0 Å². The predicted octanol–water partition coefficient (Wildman–Crippen LogP) is 2.93. The number of hydrogen-bond donors (Lipinski definition) is 2. The summed E-state index contributed by atoms with van der Waals surface area (Å²) in [5.41, 5.74) is -0.711. The number of amides is 1. The van der Waals surface area contributed by atoms with Gasteiger partial charge in [-0.1, -0.05) is 12.5 Å². The van der Waals surface area contributed by atoms with E-state index in [0.717, 1.165) is 6.42 Å². The molecule has 1 aromatic heterocycles. The summed E-state index contributed by atoms with van der Waals surface area (Å²) in [6.45, 7) is 5.32. The van der Waals surface area contributed by atoms with Crippen molar-refractivity contribution in [2.24, 2.45) is 0 Å². The average molecular weight is 292 g/mol. The second-order valence-corrected chi connectivity index (χ2v) is 6.30. The van der Waals surface area contributed by atoms with Gasteiger partial charge in [-0.25, -0.2) is 9.78 Å². The molecule has 0 spiro atoms. The summed E-state index contributed by atoms with van der Waals surface area (Å²) in [4.78, 5) is 27.1. The zero-order chi connectivity index (χ0) is 15.7. The van der Waals surface area contributed by atoms with Crippen LogP contribution in [0, 0.1) is 0 Å². The van der Waals surface area contributed by atoms with Gasteiger partial charge >= 0.3 is 12.1 Å². The third kappa shape index (κ3) is 3.32. The van der Waals surface area contributed by atoms with Crippen LogP contribution in [-0.4, -0.2) is 27.8 Å². The van der Waals surface area contributed by atoms with Gasteiger partial charge < -0.3 is 9.84 Å². The molecule has 114 valence electrons. The van der Waals surface area contributed by atoms with Gasteiger partial charge in [0, 0.05) is 6.20 Å². The number of nitrogens with one attached hydrogen (secondary N) is 1. The molecule has 6 nitrogen and oxygen atoms in total. The van der Waals surface area contributed by atoms with Gasteiger partial charge in [-0.2, -0.15) is 0 Å². The molecule has 1 fully saturated rings. The van der Waals surface area contributed by atoms with Gasteiger partial charge in [0.2, 0.25) is 0 Å². The first-order valence-corrected chi connectivity index (χ1v) is 6.93. The predicted molar refractivity (Wildman–Crippen MR) is 77.3 cm³/mol. The molecule has 0 aromatic carbocycles. The molecule has 0 aliphatic heterocycles. The van der Waals surface area contributed by atoms with Crippen LogP contribution in [0.1, 0.15) is 45.6 Å². The first kappa shape index (κ1) is 15.3. The van der Waals surface area contributed by atoms with E-state index in [-0.39, 0.29) is 0 Å². The number of pyridine rings is 1. The highest BCUT2D eigenvalue weighted by Crippen LogP contribution is 2.43. The molecule has 21 heavy (non-hydrogen) atoms. The van der Waals surface area contributed by atoms with Crippen molar-refractivity contribution in [2.75, 3.05) is 5.32 Å². The van der Waals surface area contributed by atoms with E-state index in [2.05, 4.69) is 10.3 Å². The fourth-order valence-electron chi connectivity index (χ4n) is 2.32. The van der Waals surface area contributed by atoms with Gasteiger partial charge in [-0.15, -0.1) is 0 Å². The third-order valence-electron chi connectivity index (χ3n) is 3.56. The summed E-state index contributed by atoms with van der Waals surface area (Å²) >= 11 is 0. The molecule has 1 amide bonds. The van der Waals surface area contributed by atoms with Crippen LogP contribution in [0.2, 0.25) is 0 Å². The van der Waals surface area contributed by atoms with Crippen LogP contribution in [0.15, 0.2) is 18.3 Å². The summed E-state index contributed by atoms with van der Waals surface area (Å²) < 4.78 is 5.13. The van der Waals surface area contributed by atoms with Crippen molar-refractivity contribution in [1.29, 1.82) is 0 Å². The smallest absolute Gasteiger partial charge is 0.413 e. The average Bonchev–Trinajstić information content (AvgIpc) is 2.26. The molecule has 0 radical (unpaired) electrons. The van der Waals surface area contributed by atoms with Gasteiger partial charge in [0.05, 0.1) is 5.41 Å². The van der Waals surface area contributed by atoms with Crippen molar-refractivity contribution in [3.8, 4) is 0 Å². The van der Waals surface area contributed by atoms with E-state index in [1.807, 2.05) is 0 Å². The molecule has 1 saturated carbocycles. The Morgan fingerprint density at radius 1 is 1.33 bits per heavy atom. The maximum Gasteiger partial charge on any atom is 0.413 e. The lowest BCUT2D eigenvalue weighted by molar-refractivity contribution is -0.147. The normalized spacial score (nSPS) is 16.7. The second-order valence-electron chi connectivity index (χ2n) is 6.30. The SMILES string of the molecule is CC(C)(C)OC(=O)Nc1ccc(C2(C(=O)O)CCC2)cn1. The summed E-state index contributed by atoms with van der Waals surface area (Å²) in [6.07, 6.45) is 3.09. The summed E-state index contributed by atoms with van der Waals surface area (Å²) in [7, 11) is 0. The number of aromatic nitrogens is 1. The van der Waals surface area contributed by atoms with Crippen LogP contribution in [0.3, 0.4) is 0 Å². The lowest BCUT2D eigenvalue weighted by atomic mass is 9.65. The number of carbonyl (C=O) groups is 2. The van der Waals surface area contributed by atoms with Crippen LogP contribution in [-0.2, 0) is 14.9 Å². The number of aliphatic carboxylic acids is 1. The highest BCUT2D eigenvalue weighted by atomic mass is 16.6. The molecule has 0 atom stereocenters. The Hall–Kier alpha value is -2.11. The highest BCUT2D eigenvalue weighted by Gasteiger charge is 2.46. The standard InChI is InChI=1S/C15H20N2O4/c1-14(2,3)21-13(20)17-11-6-5-10(9-16-11)15(12(18)19)7-4-8-15/h5-6,9H,4,7-8H2,1-3H3,(H,18,19)(H,16,17,20). The number of anilines is 1. The maximum atomic E-state index is 11.6. The zero-order valence-corrected chi connectivity index (χ0v) is 12.5. The van der Waals surface area contributed by atoms with Crippen LogP contribution in [0.4, 0.5) is 10.6 Å². The molecule has 0 saturated heterocycles. The Morgan fingerprint density at radius 2 is 2.00 bits per heavy atom. The van der Waals surface area contributed by atoms with Crippen molar-refractivity contribution < 1.29 is 19.4 Å². The zero-order valence-electron chi connectivity index (χ0n) is 12.5. The fourth-order valence-corrected chi connectivity index (χ4v) is 2.32. The number of hydrogen-bond acceptors (Lipinski definition) is 4. The van der Waals surface area contributed by atoms with Gasteiger partial charge in [0.15, 0.2) is 0 Å². The van der Waals surface area contributed by atoms with Crippen LogP contribution < -0.4 is 5.32 Å². The molecule has 2 N–H and O–H groups in total. The Balaban J connectivity index is 2.06. The Bertz CT molecular complexity index is 542. The molecule has 1 aliphatic rings. The van der Waals surface area contributed by atoms with E-state index < -0.39 is 23.1 Å². The molecule has 6 heteroatoms. The molecule has 0 unspecified atom stereocenters. The van der Waals surface area contributed by atoms with Crippen molar-refractivity contribution in [2.45, 2.75) is 51.0 Å². The van der Waals surface area contributed by atoms with Gasteiger partial charge in [0.25, 0.3) is 0 Å². The van der Waals surface area contributed by atoms with Crippen LogP contribution in [0.5, 0.6) is 0 Å². The minimum absolute atomic E-state index is 0.341. The van der Waals surface area contributed by atoms with Crippen molar-refractivity contribution in [3.05, 3.63) is 23.9 Å². The van der Waals surface area contributed by atoms with E-state index in [0.29, 0.717) is 24.2 Å². The molecule has 1 aromatic rings. The topological polar surface area (TPSA) is 88.5 Å². The minimum atomic E-state index is -0.816. The first-order chi connectivity index (χ1) is 9.73. The van der Waals surface area contributed by atoms with Gasteiger partial charge in [-0.3, -0.25) is 10.1 Å². The number of rotatable bonds is 3. The lowest BCUT2D eigenvalue weighted by Crippen LogP contribution is -2.42. The minimum Gasteiger partial charge on any atom is -0.481 e. The number of carboxylic acids is 1. The lowest BCUT2D eigenvalue weighted by Gasteiger charge is -2.37. The molecule has 0 bridgehead atoms. The first-order valence-electron chi connectivity index (χ1n) is 6.93. The van der Waals surface area contributed by atoms with Crippen molar-refractivity contribution in [3.63, 3.8) is 0 Å². The Kier molecular flexibility index (Phi) is 3.89. The molecule has 1 heterocycles. The monoisotopic (exact) mass is 292 g/mol. The number of carboxylic acid groups (broad SMARTS) is 1. The quantitative estimate of drug-likeness (QED) is 0.894. The van der Waals surface area contributed by atoms with E-state index in [9.17, 15) is 14.7 Å². The maximum absolute atomic E-state index is 11.6.